The summed E-state index contributed by atoms with van der Waals surface area (Å²) in [6, 6.07) is 3.45. The van der Waals surface area contributed by atoms with Gasteiger partial charge < -0.3 is 24.2 Å². The highest BCUT2D eigenvalue weighted by Crippen LogP contribution is 2.37. The summed E-state index contributed by atoms with van der Waals surface area (Å²) in [5, 5.41) is 9.96. The van der Waals surface area contributed by atoms with Gasteiger partial charge >= 0.3 is 0 Å². The number of phenolic OH excluding ortho intramolecular Hbond substituents is 1. The van der Waals surface area contributed by atoms with E-state index in [1.54, 1.807) is 12.1 Å². The molecule has 0 spiro atoms. The molecule has 0 saturated carbocycles. The van der Waals surface area contributed by atoms with E-state index in [0.717, 1.165) is 18.7 Å². The summed E-state index contributed by atoms with van der Waals surface area (Å²) in [5.74, 6) is 0.678. The fraction of sp³-hybridized carbons (Fsp3) is 0.533. The van der Waals surface area contributed by atoms with Gasteiger partial charge in [-0.3, -0.25) is 0 Å². The summed E-state index contributed by atoms with van der Waals surface area (Å²) in [6.45, 7) is 5.55. The molecule has 1 N–H and O–H groups in total. The molecular formula is C15H21NO4S. The molecule has 6 heteroatoms. The van der Waals surface area contributed by atoms with Gasteiger partial charge in [-0.05, 0) is 26.0 Å². The van der Waals surface area contributed by atoms with Crippen LogP contribution < -0.4 is 9.47 Å². The van der Waals surface area contributed by atoms with E-state index in [9.17, 15) is 5.11 Å². The average molecular weight is 311 g/mol. The Balaban J connectivity index is 2.30. The number of morpholine rings is 1. The van der Waals surface area contributed by atoms with Crippen molar-refractivity contribution < 1.29 is 19.3 Å². The molecule has 2 rings (SSSR count). The Morgan fingerprint density at radius 1 is 1.19 bits per heavy atom. The van der Waals surface area contributed by atoms with Crippen LogP contribution in [-0.4, -0.2) is 54.5 Å². The van der Waals surface area contributed by atoms with Gasteiger partial charge in [-0.25, -0.2) is 0 Å². The number of hydrogen-bond acceptors (Lipinski definition) is 5. The molecule has 1 aliphatic rings. The highest BCUT2D eigenvalue weighted by atomic mass is 32.1. The number of aromatic hydroxyl groups is 1. The summed E-state index contributed by atoms with van der Waals surface area (Å²) >= 11 is 5.58. The minimum absolute atomic E-state index is 0.0183. The first-order chi connectivity index (χ1) is 9.96. The maximum atomic E-state index is 9.96. The van der Waals surface area contributed by atoms with Gasteiger partial charge in [0.05, 0.1) is 26.4 Å². The lowest BCUT2D eigenvalue weighted by atomic mass is 10.1. The summed E-state index contributed by atoms with van der Waals surface area (Å²) in [5.41, 5.74) is 0.790. The van der Waals surface area contributed by atoms with Crippen molar-refractivity contribution >= 4 is 17.2 Å². The van der Waals surface area contributed by atoms with Crippen LogP contribution in [0.15, 0.2) is 12.1 Å². The van der Waals surface area contributed by atoms with E-state index in [1.807, 2.05) is 13.8 Å². The summed E-state index contributed by atoms with van der Waals surface area (Å²) in [7, 11) is 3.00. The fourth-order valence-electron chi connectivity index (χ4n) is 2.54. The van der Waals surface area contributed by atoms with Crippen LogP contribution in [-0.2, 0) is 4.74 Å². The van der Waals surface area contributed by atoms with Crippen molar-refractivity contribution in [3.05, 3.63) is 17.7 Å². The molecule has 1 aromatic rings. The second kappa shape index (κ2) is 6.49. The number of benzene rings is 1. The maximum Gasteiger partial charge on any atom is 0.200 e. The molecule has 21 heavy (non-hydrogen) atoms. The van der Waals surface area contributed by atoms with E-state index in [4.69, 9.17) is 26.4 Å². The minimum Gasteiger partial charge on any atom is -0.502 e. The van der Waals surface area contributed by atoms with Crippen LogP contribution in [0.2, 0.25) is 0 Å². The molecule has 0 aliphatic carbocycles. The van der Waals surface area contributed by atoms with Crippen molar-refractivity contribution in [3.8, 4) is 17.2 Å². The minimum atomic E-state index is -0.0183. The van der Waals surface area contributed by atoms with Crippen molar-refractivity contribution in [2.24, 2.45) is 0 Å². The molecule has 0 amide bonds. The topological polar surface area (TPSA) is 51.2 Å². The Labute approximate surface area is 130 Å². The number of thiocarbonyl (C=S) groups is 1. The zero-order valence-electron chi connectivity index (χ0n) is 12.8. The molecule has 1 aliphatic heterocycles. The van der Waals surface area contributed by atoms with Crippen LogP contribution >= 0.6 is 12.2 Å². The number of rotatable bonds is 3. The first kappa shape index (κ1) is 15.9. The third-order valence-corrected chi connectivity index (χ3v) is 3.93. The van der Waals surface area contributed by atoms with E-state index in [-0.39, 0.29) is 18.0 Å². The Bertz CT molecular complexity index is 499. The van der Waals surface area contributed by atoms with Crippen LogP contribution in [0, 0.1) is 0 Å². The number of methoxy groups -OCH3 is 2. The Morgan fingerprint density at radius 2 is 1.67 bits per heavy atom. The largest absolute Gasteiger partial charge is 0.502 e. The van der Waals surface area contributed by atoms with E-state index in [1.165, 1.54) is 14.2 Å². The van der Waals surface area contributed by atoms with Crippen molar-refractivity contribution in [2.45, 2.75) is 26.1 Å². The zero-order chi connectivity index (χ0) is 15.6. The molecule has 2 atom stereocenters. The van der Waals surface area contributed by atoms with E-state index in [0.29, 0.717) is 16.5 Å². The zero-order valence-corrected chi connectivity index (χ0v) is 13.6. The lowest BCUT2D eigenvalue weighted by Crippen LogP contribution is -2.47. The molecule has 0 aromatic heterocycles. The molecule has 0 radical (unpaired) electrons. The maximum absolute atomic E-state index is 9.96. The smallest absolute Gasteiger partial charge is 0.200 e. The molecule has 116 valence electrons. The Morgan fingerprint density at radius 3 is 2.10 bits per heavy atom. The predicted octanol–water partition coefficient (Wildman–Crippen LogP) is 2.19. The Hall–Kier alpha value is -1.53. The van der Waals surface area contributed by atoms with Gasteiger partial charge in [-0.2, -0.15) is 0 Å². The molecule has 0 bridgehead atoms. The van der Waals surface area contributed by atoms with Crippen molar-refractivity contribution in [2.75, 3.05) is 27.3 Å². The third-order valence-electron chi connectivity index (χ3n) is 3.43. The van der Waals surface area contributed by atoms with Crippen molar-refractivity contribution in [3.63, 3.8) is 0 Å². The second-order valence-electron chi connectivity index (χ2n) is 5.20. The van der Waals surface area contributed by atoms with Gasteiger partial charge in [-0.15, -0.1) is 0 Å². The number of hydrogen-bond donors (Lipinski definition) is 1. The van der Waals surface area contributed by atoms with Gasteiger partial charge in [0.2, 0.25) is 5.75 Å². The molecule has 1 heterocycles. The lowest BCUT2D eigenvalue weighted by Gasteiger charge is -2.37. The molecular weight excluding hydrogens is 290 g/mol. The van der Waals surface area contributed by atoms with Crippen LogP contribution in [0.25, 0.3) is 0 Å². The van der Waals surface area contributed by atoms with E-state index in [2.05, 4.69) is 4.90 Å². The van der Waals surface area contributed by atoms with Crippen LogP contribution in [0.5, 0.6) is 17.2 Å². The first-order valence-electron chi connectivity index (χ1n) is 6.86. The summed E-state index contributed by atoms with van der Waals surface area (Å²) in [4.78, 5) is 2.81. The summed E-state index contributed by atoms with van der Waals surface area (Å²) in [6.07, 6.45) is 0.264. The second-order valence-corrected chi connectivity index (χ2v) is 5.58. The van der Waals surface area contributed by atoms with Crippen LogP contribution in [0.3, 0.4) is 0 Å². The predicted molar refractivity (Wildman–Crippen MR) is 84.5 cm³/mol. The van der Waals surface area contributed by atoms with Gasteiger partial charge in [0.1, 0.15) is 4.99 Å². The van der Waals surface area contributed by atoms with Gasteiger partial charge in [0.25, 0.3) is 0 Å². The normalized spacial score (nSPS) is 22.0. The molecule has 2 unspecified atom stereocenters. The van der Waals surface area contributed by atoms with Crippen LogP contribution in [0.4, 0.5) is 0 Å². The standard InChI is InChI=1S/C15H21NO4S/c1-9-7-16(8-10(2)20-9)15(21)11-5-12(18-3)14(17)13(6-11)19-4/h5-6,9-10,17H,7-8H2,1-4H3. The van der Waals surface area contributed by atoms with Gasteiger partial charge in [0.15, 0.2) is 11.5 Å². The quantitative estimate of drug-likeness (QED) is 0.864. The average Bonchev–Trinajstić information content (AvgIpc) is 2.45. The van der Waals surface area contributed by atoms with Crippen LogP contribution in [0.1, 0.15) is 19.4 Å². The molecule has 1 fully saturated rings. The lowest BCUT2D eigenvalue weighted by molar-refractivity contribution is -0.0472. The molecule has 5 nitrogen and oxygen atoms in total. The third kappa shape index (κ3) is 3.39. The highest BCUT2D eigenvalue weighted by molar-refractivity contribution is 7.80. The molecule has 1 saturated heterocycles. The number of ether oxygens (including phenoxy) is 3. The van der Waals surface area contributed by atoms with Gasteiger partial charge in [0, 0.05) is 18.7 Å². The number of nitrogens with zero attached hydrogens (tertiary/aromatic N) is 1. The number of phenols is 1. The van der Waals surface area contributed by atoms with Crippen molar-refractivity contribution in [1.82, 2.24) is 4.90 Å². The van der Waals surface area contributed by atoms with E-state index < -0.39 is 0 Å². The van der Waals surface area contributed by atoms with E-state index >= 15 is 0 Å². The monoisotopic (exact) mass is 311 g/mol. The summed E-state index contributed by atoms with van der Waals surface area (Å²) < 4.78 is 16.1. The molecule has 1 aromatic carbocycles. The first-order valence-corrected chi connectivity index (χ1v) is 7.26. The fourth-order valence-corrected chi connectivity index (χ4v) is 2.81. The highest BCUT2D eigenvalue weighted by Gasteiger charge is 2.25. The Kier molecular flexibility index (Phi) is 4.90. The van der Waals surface area contributed by atoms with Gasteiger partial charge in [-0.1, -0.05) is 12.2 Å². The SMILES string of the molecule is COc1cc(C(=S)N2CC(C)OC(C)C2)cc(OC)c1O. The van der Waals surface area contributed by atoms with Crippen molar-refractivity contribution in [1.29, 1.82) is 0 Å².